The summed E-state index contributed by atoms with van der Waals surface area (Å²) >= 11 is 6.17. The fourth-order valence-electron chi connectivity index (χ4n) is 2.54. The molecule has 3 rings (SSSR count). The number of hydrogen-bond acceptors (Lipinski definition) is 4. The van der Waals surface area contributed by atoms with Crippen molar-refractivity contribution in [3.05, 3.63) is 76.5 Å². The van der Waals surface area contributed by atoms with Crippen molar-refractivity contribution < 1.29 is 19.1 Å². The summed E-state index contributed by atoms with van der Waals surface area (Å²) in [6.45, 7) is 1.23. The standard InChI is InChI=1S/C20H18ClNO4/c1-25-15-5-2-13(3-6-15)11-22-12-16-7-9-19(26-16)17-10-14(20(23)24)4-8-18(17)21/h2-10,22H,11-12H2,1H3,(H,23,24). The maximum Gasteiger partial charge on any atom is 0.335 e. The summed E-state index contributed by atoms with van der Waals surface area (Å²) < 4.78 is 10.9. The molecule has 1 aromatic heterocycles. The van der Waals surface area contributed by atoms with Gasteiger partial charge in [-0.1, -0.05) is 23.7 Å². The number of rotatable bonds is 7. The molecular formula is C20H18ClNO4. The number of hydrogen-bond donors (Lipinski definition) is 2. The minimum Gasteiger partial charge on any atom is -0.497 e. The van der Waals surface area contributed by atoms with Gasteiger partial charge in [0.15, 0.2) is 0 Å². The highest BCUT2D eigenvalue weighted by Crippen LogP contribution is 2.30. The molecule has 2 aromatic carbocycles. The molecule has 0 aliphatic carbocycles. The molecule has 0 aliphatic heterocycles. The molecule has 5 nitrogen and oxygen atoms in total. The van der Waals surface area contributed by atoms with Crippen LogP contribution in [-0.4, -0.2) is 18.2 Å². The van der Waals surface area contributed by atoms with E-state index in [0.29, 0.717) is 29.4 Å². The fourth-order valence-corrected chi connectivity index (χ4v) is 2.75. The van der Waals surface area contributed by atoms with E-state index in [-0.39, 0.29) is 5.56 Å². The van der Waals surface area contributed by atoms with E-state index in [0.717, 1.165) is 17.1 Å². The summed E-state index contributed by atoms with van der Waals surface area (Å²) in [6.07, 6.45) is 0. The summed E-state index contributed by atoms with van der Waals surface area (Å²) in [6, 6.07) is 16.0. The van der Waals surface area contributed by atoms with Gasteiger partial charge in [-0.05, 0) is 48.0 Å². The van der Waals surface area contributed by atoms with E-state index in [9.17, 15) is 4.79 Å². The zero-order valence-electron chi connectivity index (χ0n) is 14.2. The number of aromatic carboxylic acids is 1. The maximum atomic E-state index is 11.1. The van der Waals surface area contributed by atoms with E-state index in [4.69, 9.17) is 25.9 Å². The highest BCUT2D eigenvalue weighted by atomic mass is 35.5. The first-order valence-corrected chi connectivity index (χ1v) is 8.40. The molecule has 0 unspecified atom stereocenters. The lowest BCUT2D eigenvalue weighted by atomic mass is 10.1. The Bertz CT molecular complexity index is 902. The van der Waals surface area contributed by atoms with Crippen LogP contribution in [0.5, 0.6) is 5.75 Å². The zero-order chi connectivity index (χ0) is 18.5. The van der Waals surface area contributed by atoms with E-state index in [1.165, 1.54) is 12.1 Å². The lowest BCUT2D eigenvalue weighted by Crippen LogP contribution is -2.11. The van der Waals surface area contributed by atoms with Gasteiger partial charge in [0.25, 0.3) is 0 Å². The molecule has 26 heavy (non-hydrogen) atoms. The van der Waals surface area contributed by atoms with Crippen molar-refractivity contribution in [3.8, 4) is 17.1 Å². The largest absolute Gasteiger partial charge is 0.497 e. The van der Waals surface area contributed by atoms with Gasteiger partial charge >= 0.3 is 5.97 Å². The van der Waals surface area contributed by atoms with Crippen LogP contribution < -0.4 is 10.1 Å². The molecule has 1 heterocycles. The van der Waals surface area contributed by atoms with Crippen LogP contribution >= 0.6 is 11.6 Å². The monoisotopic (exact) mass is 371 g/mol. The van der Waals surface area contributed by atoms with Crippen molar-refractivity contribution in [1.82, 2.24) is 5.32 Å². The number of ether oxygens (including phenoxy) is 1. The van der Waals surface area contributed by atoms with Crippen LogP contribution in [0.4, 0.5) is 0 Å². The van der Waals surface area contributed by atoms with Crippen LogP contribution in [0, 0.1) is 0 Å². The molecule has 0 atom stereocenters. The molecule has 134 valence electrons. The fraction of sp³-hybridized carbons (Fsp3) is 0.150. The van der Waals surface area contributed by atoms with Gasteiger partial charge in [-0.15, -0.1) is 0 Å². The lowest BCUT2D eigenvalue weighted by Gasteiger charge is -2.05. The molecule has 0 aliphatic rings. The quantitative estimate of drug-likeness (QED) is 0.635. The Morgan fingerprint density at radius 3 is 2.58 bits per heavy atom. The minimum absolute atomic E-state index is 0.167. The smallest absolute Gasteiger partial charge is 0.335 e. The van der Waals surface area contributed by atoms with Gasteiger partial charge in [0.2, 0.25) is 0 Å². The Kier molecular flexibility index (Phi) is 5.61. The Hall–Kier alpha value is -2.76. The third-order valence-corrected chi connectivity index (χ3v) is 4.26. The summed E-state index contributed by atoms with van der Waals surface area (Å²) in [5, 5.41) is 12.9. The van der Waals surface area contributed by atoms with Gasteiger partial charge < -0.3 is 19.6 Å². The van der Waals surface area contributed by atoms with Crippen LogP contribution in [0.2, 0.25) is 5.02 Å². The highest BCUT2D eigenvalue weighted by molar-refractivity contribution is 6.33. The number of halogens is 1. The summed E-state index contributed by atoms with van der Waals surface area (Å²) in [4.78, 5) is 11.1. The molecule has 0 amide bonds. The number of methoxy groups -OCH3 is 1. The van der Waals surface area contributed by atoms with E-state index >= 15 is 0 Å². The lowest BCUT2D eigenvalue weighted by molar-refractivity contribution is 0.0697. The number of carbonyl (C=O) groups is 1. The normalized spacial score (nSPS) is 10.7. The molecule has 3 aromatic rings. The SMILES string of the molecule is COc1ccc(CNCc2ccc(-c3cc(C(=O)O)ccc3Cl)o2)cc1. The van der Waals surface area contributed by atoms with Gasteiger partial charge in [0.05, 0.1) is 24.2 Å². The number of carboxylic acids is 1. The van der Waals surface area contributed by atoms with Crippen molar-refractivity contribution in [1.29, 1.82) is 0 Å². The topological polar surface area (TPSA) is 71.7 Å². The van der Waals surface area contributed by atoms with Crippen LogP contribution in [0.15, 0.2) is 59.0 Å². The first-order valence-electron chi connectivity index (χ1n) is 8.02. The molecule has 0 bridgehead atoms. The Morgan fingerprint density at radius 1 is 1.12 bits per heavy atom. The first kappa shape index (κ1) is 18.0. The molecule has 0 saturated heterocycles. The average Bonchev–Trinajstić information content (AvgIpc) is 3.11. The van der Waals surface area contributed by atoms with Crippen molar-refractivity contribution in [2.45, 2.75) is 13.1 Å². The minimum atomic E-state index is -1.00. The summed E-state index contributed by atoms with van der Waals surface area (Å²) in [5.41, 5.74) is 1.86. The zero-order valence-corrected chi connectivity index (χ0v) is 14.9. The third-order valence-electron chi connectivity index (χ3n) is 3.93. The van der Waals surface area contributed by atoms with Crippen molar-refractivity contribution >= 4 is 17.6 Å². The number of carboxylic acid groups (broad SMARTS) is 1. The van der Waals surface area contributed by atoms with Gasteiger partial charge in [-0.25, -0.2) is 4.79 Å². The van der Waals surface area contributed by atoms with Gasteiger partial charge in [-0.3, -0.25) is 0 Å². The second-order valence-corrected chi connectivity index (χ2v) is 6.12. The Labute approximate surface area is 156 Å². The van der Waals surface area contributed by atoms with Crippen molar-refractivity contribution in [2.24, 2.45) is 0 Å². The third kappa shape index (κ3) is 4.25. The van der Waals surface area contributed by atoms with Crippen molar-refractivity contribution in [2.75, 3.05) is 7.11 Å². The van der Waals surface area contributed by atoms with Gasteiger partial charge in [0, 0.05) is 12.1 Å². The second kappa shape index (κ2) is 8.08. The molecule has 2 N–H and O–H groups in total. The van der Waals surface area contributed by atoms with Crippen LogP contribution in [0.3, 0.4) is 0 Å². The van der Waals surface area contributed by atoms with Crippen molar-refractivity contribution in [3.63, 3.8) is 0 Å². The predicted octanol–water partition coefficient (Wildman–Crippen LogP) is 4.60. The maximum absolute atomic E-state index is 11.1. The molecule has 0 saturated carbocycles. The van der Waals surface area contributed by atoms with Gasteiger partial charge in [0.1, 0.15) is 17.3 Å². The summed E-state index contributed by atoms with van der Waals surface area (Å²) in [5.74, 6) is 1.10. The van der Waals surface area contributed by atoms with E-state index in [1.54, 1.807) is 19.2 Å². The van der Waals surface area contributed by atoms with E-state index in [2.05, 4.69) is 5.32 Å². The second-order valence-electron chi connectivity index (χ2n) is 5.72. The molecule has 0 fully saturated rings. The molecule has 6 heteroatoms. The van der Waals surface area contributed by atoms with E-state index in [1.807, 2.05) is 30.3 Å². The number of furan rings is 1. The van der Waals surface area contributed by atoms with Crippen LogP contribution in [-0.2, 0) is 13.1 Å². The predicted molar refractivity (Wildman–Crippen MR) is 99.7 cm³/mol. The molecule has 0 spiro atoms. The molecular weight excluding hydrogens is 354 g/mol. The summed E-state index contributed by atoms with van der Waals surface area (Å²) in [7, 11) is 1.64. The highest BCUT2D eigenvalue weighted by Gasteiger charge is 2.12. The number of nitrogens with one attached hydrogen (secondary N) is 1. The van der Waals surface area contributed by atoms with E-state index < -0.39 is 5.97 Å². The Balaban J connectivity index is 1.64. The average molecular weight is 372 g/mol. The Morgan fingerprint density at radius 2 is 1.88 bits per heavy atom. The van der Waals surface area contributed by atoms with Gasteiger partial charge in [-0.2, -0.15) is 0 Å². The van der Waals surface area contributed by atoms with Crippen LogP contribution in [0.25, 0.3) is 11.3 Å². The molecule has 0 radical (unpaired) electrons. The number of benzene rings is 2. The van der Waals surface area contributed by atoms with Crippen LogP contribution in [0.1, 0.15) is 21.7 Å². The first-order chi connectivity index (χ1) is 12.6.